The molecule has 0 aromatic carbocycles. The van der Waals surface area contributed by atoms with Gasteiger partial charge in [-0.15, -0.1) is 0 Å². The zero-order chi connectivity index (χ0) is 25.7. The van der Waals surface area contributed by atoms with Gasteiger partial charge in [0.1, 0.15) is 0 Å². The Morgan fingerprint density at radius 2 is 1.11 bits per heavy atom. The fraction of sp³-hybridized carbons (Fsp3) is 1.00. The number of hydrogen-bond acceptors (Lipinski definition) is 6. The van der Waals surface area contributed by atoms with Crippen molar-refractivity contribution in [3.8, 4) is 0 Å². The Balaban J connectivity index is 0.000000147. The van der Waals surface area contributed by atoms with Crippen LogP contribution in [0.15, 0.2) is 0 Å². The van der Waals surface area contributed by atoms with Gasteiger partial charge in [-0.05, 0) is 123 Å². The molecule has 0 aromatic heterocycles. The Hall–Kier alpha value is -0.240. The number of nitrogens with one attached hydrogen (secondary N) is 2. The Kier molecular flexibility index (Phi) is 13.5. The molecule has 4 heterocycles. The molecule has 6 nitrogen and oxygen atoms in total. The number of epoxide rings is 1. The van der Waals surface area contributed by atoms with Crippen LogP contribution in [0.1, 0.15) is 117 Å². The van der Waals surface area contributed by atoms with Crippen molar-refractivity contribution in [3.63, 3.8) is 0 Å². The van der Waals surface area contributed by atoms with Gasteiger partial charge in [-0.1, -0.05) is 38.5 Å². The van der Waals surface area contributed by atoms with E-state index in [1.54, 1.807) is 0 Å². The number of aliphatic hydroxyl groups is 1. The number of aliphatic hydroxyl groups excluding tert-OH is 1. The number of hydrogen-bond donors (Lipinski definition) is 3. The number of likely N-dealkylation sites (tertiary alicyclic amines) is 2. The number of likely N-dealkylation sites (N-methyl/N-ethyl adjacent to an activating group) is 1. The minimum atomic E-state index is -0.0307. The van der Waals surface area contributed by atoms with Gasteiger partial charge in [0.2, 0.25) is 0 Å². The average Bonchev–Trinajstić information content (AvgIpc) is 3.49. The van der Waals surface area contributed by atoms with Gasteiger partial charge < -0.3 is 20.5 Å². The van der Waals surface area contributed by atoms with Crippen molar-refractivity contribution in [1.29, 1.82) is 0 Å². The van der Waals surface area contributed by atoms with Crippen molar-refractivity contribution < 1.29 is 11.3 Å². The van der Waals surface area contributed by atoms with E-state index in [9.17, 15) is 5.11 Å². The molecular weight excluding hydrogens is 460 g/mol. The fourth-order valence-corrected chi connectivity index (χ4v) is 7.55. The van der Waals surface area contributed by atoms with Gasteiger partial charge in [-0.25, -0.2) is 0 Å². The lowest BCUT2D eigenvalue weighted by atomic mass is 9.89. The molecule has 6 heteroatoms. The van der Waals surface area contributed by atoms with Gasteiger partial charge in [-0.3, -0.25) is 9.80 Å². The van der Waals surface area contributed by atoms with Gasteiger partial charge in [0, 0.05) is 19.6 Å². The summed E-state index contributed by atoms with van der Waals surface area (Å²) in [5.74, 6) is 0. The molecule has 6 atom stereocenters. The summed E-state index contributed by atoms with van der Waals surface area (Å²) in [4.78, 5) is 5.20. The Morgan fingerprint density at radius 3 is 1.59 bits per heavy atom. The largest absolute Gasteiger partial charge is 0.391 e. The third-order valence-electron chi connectivity index (χ3n) is 9.89. The first-order valence-electron chi connectivity index (χ1n) is 16.5. The maximum atomic E-state index is 9.79. The molecule has 3 aliphatic carbocycles. The van der Waals surface area contributed by atoms with Crippen molar-refractivity contribution in [2.75, 3.05) is 46.3 Å². The van der Waals surface area contributed by atoms with Crippen molar-refractivity contribution in [3.05, 3.63) is 0 Å². The minimum Gasteiger partial charge on any atom is -0.391 e. The van der Waals surface area contributed by atoms with Crippen molar-refractivity contribution in [2.45, 2.75) is 152 Å². The summed E-state index contributed by atoms with van der Waals surface area (Å²) in [6.45, 7) is 7.65. The standard InChI is InChI=1S/C11H22N2.C10H19NO.C6H10O.C4H9N.H2/c1-12-10-6-2-3-7-11(10)13-8-4-5-9-13;12-10-6-2-1-5-9(10)11-7-3-4-8-11;1-2-4-6-5(3-1)7-6;1-2-4-5-3-1;/h10-12H,2-9H2,1H3;9-10,12H,1-8H2;5-6H,1-4H2;5H,1-4H2;1H/t10-,11+;9-,10+;;;/m10.../s1/i;;;;1+1. The van der Waals surface area contributed by atoms with Crippen molar-refractivity contribution in [1.82, 2.24) is 20.4 Å². The predicted molar refractivity (Wildman–Crippen MR) is 156 cm³/mol. The molecule has 37 heavy (non-hydrogen) atoms. The Morgan fingerprint density at radius 1 is 0.622 bits per heavy atom. The molecule has 0 aromatic rings. The third-order valence-corrected chi connectivity index (χ3v) is 9.89. The molecule has 4 saturated heterocycles. The highest BCUT2D eigenvalue weighted by molar-refractivity contribution is 4.89. The number of rotatable bonds is 3. The van der Waals surface area contributed by atoms with E-state index in [0.29, 0.717) is 18.2 Å². The van der Waals surface area contributed by atoms with Crippen molar-refractivity contribution in [2.24, 2.45) is 0 Å². The van der Waals surface area contributed by atoms with Crippen molar-refractivity contribution >= 4 is 0 Å². The normalized spacial score (nSPS) is 37.8. The van der Waals surface area contributed by atoms with E-state index < -0.39 is 0 Å². The summed E-state index contributed by atoms with van der Waals surface area (Å²) in [6, 6.07) is 2.12. The smallest absolute Gasteiger partial charge is 0.0841 e. The molecule has 218 valence electrons. The summed E-state index contributed by atoms with van der Waals surface area (Å²) in [5, 5.41) is 16.5. The summed E-state index contributed by atoms with van der Waals surface area (Å²) < 4.78 is 5.28. The second-order valence-corrected chi connectivity index (χ2v) is 12.6. The Bertz CT molecular complexity index is 579. The lowest BCUT2D eigenvalue weighted by Gasteiger charge is -2.37. The van der Waals surface area contributed by atoms with Crippen LogP contribution in [0.2, 0.25) is 0 Å². The van der Waals surface area contributed by atoms with E-state index in [4.69, 9.17) is 4.74 Å². The molecule has 0 bridgehead atoms. The van der Waals surface area contributed by atoms with E-state index in [2.05, 4.69) is 27.5 Å². The molecule has 0 amide bonds. The van der Waals surface area contributed by atoms with Crippen LogP contribution in [-0.2, 0) is 4.74 Å². The van der Waals surface area contributed by atoms with Gasteiger partial charge in [0.25, 0.3) is 0 Å². The summed E-state index contributed by atoms with van der Waals surface area (Å²) in [5.41, 5.74) is 0. The quantitative estimate of drug-likeness (QED) is 0.456. The van der Waals surface area contributed by atoms with Gasteiger partial charge in [0.05, 0.1) is 18.3 Å². The van der Waals surface area contributed by atoms with Crippen LogP contribution in [0.25, 0.3) is 0 Å². The van der Waals surface area contributed by atoms with Crippen LogP contribution in [0.5, 0.6) is 0 Å². The first-order valence-corrected chi connectivity index (χ1v) is 16.5. The van der Waals surface area contributed by atoms with Gasteiger partial charge in [-0.2, -0.15) is 0 Å². The molecule has 7 rings (SSSR count). The zero-order valence-electron chi connectivity index (χ0n) is 24.2. The van der Waals surface area contributed by atoms with E-state index in [0.717, 1.165) is 18.5 Å². The van der Waals surface area contributed by atoms with Crippen LogP contribution in [0, 0.1) is 0 Å². The highest BCUT2D eigenvalue weighted by atomic mass is 16.6. The zero-order valence-corrected chi connectivity index (χ0v) is 24.2. The summed E-state index contributed by atoms with van der Waals surface area (Å²) in [6.07, 6.45) is 25.6. The lowest BCUT2D eigenvalue weighted by Crippen LogP contribution is -2.49. The Labute approximate surface area is 230 Å². The van der Waals surface area contributed by atoms with E-state index in [-0.39, 0.29) is 7.53 Å². The van der Waals surface area contributed by atoms with E-state index >= 15 is 0 Å². The monoisotopic (exact) mass is 523 g/mol. The average molecular weight is 524 g/mol. The molecule has 3 saturated carbocycles. The first-order chi connectivity index (χ1) is 18.3. The topological polar surface area (TPSA) is 63.3 Å². The molecule has 7 aliphatic rings. The summed E-state index contributed by atoms with van der Waals surface area (Å²) >= 11 is 0. The summed E-state index contributed by atoms with van der Waals surface area (Å²) in [7, 11) is 2.12. The molecule has 2 unspecified atom stereocenters. The van der Waals surface area contributed by atoms with Gasteiger partial charge >= 0.3 is 0 Å². The van der Waals surface area contributed by atoms with Gasteiger partial charge in [0.15, 0.2) is 0 Å². The number of nitrogens with zero attached hydrogens (tertiary/aromatic N) is 2. The minimum absolute atomic E-state index is 0. The molecule has 0 spiro atoms. The fourth-order valence-electron chi connectivity index (χ4n) is 7.55. The lowest BCUT2D eigenvalue weighted by molar-refractivity contribution is 0.0312. The molecule has 3 N–H and O–H groups in total. The second-order valence-electron chi connectivity index (χ2n) is 12.6. The second kappa shape index (κ2) is 16.8. The molecule has 4 aliphatic heterocycles. The number of ether oxygens (including phenoxy) is 1. The maximum absolute atomic E-state index is 9.79. The van der Waals surface area contributed by atoms with E-state index in [1.165, 1.54) is 148 Å². The van der Waals surface area contributed by atoms with Crippen LogP contribution in [0.4, 0.5) is 0 Å². The first kappa shape index (κ1) is 29.7. The van der Waals surface area contributed by atoms with Crippen LogP contribution >= 0.6 is 0 Å². The molecule has 0 radical (unpaired) electrons. The predicted octanol–water partition coefficient (Wildman–Crippen LogP) is 4.94. The van der Waals surface area contributed by atoms with Crippen LogP contribution in [-0.4, -0.2) is 97.7 Å². The highest BCUT2D eigenvalue weighted by Gasteiger charge is 2.39. The van der Waals surface area contributed by atoms with Crippen LogP contribution < -0.4 is 10.6 Å². The van der Waals surface area contributed by atoms with Crippen LogP contribution in [0.3, 0.4) is 0 Å². The van der Waals surface area contributed by atoms with E-state index in [1.807, 2.05) is 0 Å². The highest BCUT2D eigenvalue weighted by Crippen LogP contribution is 2.35. The maximum Gasteiger partial charge on any atom is 0.0841 e. The number of fused-ring (bicyclic) bond motifs is 1. The molecule has 7 fully saturated rings. The SMILES string of the molecule is C1CCC2OC2C1.C1CCNC1.CN[C@@H]1CCCC[C@@H]1N1CCCC1.O[C@@H]1CCCC[C@@H]1N1CCCC1.[2HH]. The molecular formula is C31H62N4O2. The third kappa shape index (κ3) is 10.0.